The summed E-state index contributed by atoms with van der Waals surface area (Å²) >= 11 is 1.96. The van der Waals surface area contributed by atoms with E-state index in [-0.39, 0.29) is 0 Å². The van der Waals surface area contributed by atoms with Crippen LogP contribution in [0.3, 0.4) is 0 Å². The fourth-order valence-corrected chi connectivity index (χ4v) is 6.75. The fraction of sp³-hybridized carbons (Fsp3) is 0.765. The summed E-state index contributed by atoms with van der Waals surface area (Å²) in [6.45, 7) is 0.853. The van der Waals surface area contributed by atoms with E-state index in [0.717, 1.165) is 42.1 Å². The summed E-state index contributed by atoms with van der Waals surface area (Å²) in [5, 5.41) is 2.24. The van der Waals surface area contributed by atoms with E-state index in [4.69, 9.17) is 5.73 Å². The van der Waals surface area contributed by atoms with E-state index in [1.807, 2.05) is 11.3 Å². The second kappa shape index (κ2) is 4.89. The minimum Gasteiger partial charge on any atom is -0.330 e. The lowest BCUT2D eigenvalue weighted by molar-refractivity contribution is -0.0482. The molecule has 0 aliphatic heterocycles. The average molecular weight is 275 g/mol. The van der Waals surface area contributed by atoms with Crippen molar-refractivity contribution in [1.82, 2.24) is 0 Å². The molecule has 4 fully saturated rings. The molecule has 4 saturated carbocycles. The van der Waals surface area contributed by atoms with Gasteiger partial charge in [0, 0.05) is 4.88 Å². The van der Waals surface area contributed by atoms with Crippen LogP contribution in [0.1, 0.15) is 49.3 Å². The number of rotatable bonds is 4. The van der Waals surface area contributed by atoms with Crippen molar-refractivity contribution >= 4 is 11.3 Å². The maximum Gasteiger partial charge on any atom is 0.00796 e. The summed E-state index contributed by atoms with van der Waals surface area (Å²) in [6.07, 6.45) is 8.89. The minimum atomic E-state index is 0.764. The molecular formula is C17H25NS. The summed E-state index contributed by atoms with van der Waals surface area (Å²) in [7, 11) is 0. The Kier molecular flexibility index (Phi) is 3.19. The molecular weight excluding hydrogens is 250 g/mol. The Morgan fingerprint density at radius 3 is 2.32 bits per heavy atom. The highest BCUT2D eigenvalue weighted by atomic mass is 32.1. The molecule has 1 aromatic rings. The molecule has 1 atom stereocenters. The third kappa shape index (κ3) is 2.08. The Morgan fingerprint density at radius 1 is 1.11 bits per heavy atom. The quantitative estimate of drug-likeness (QED) is 0.873. The van der Waals surface area contributed by atoms with Crippen molar-refractivity contribution in [3.63, 3.8) is 0 Å². The molecule has 1 nitrogen and oxygen atoms in total. The predicted molar refractivity (Wildman–Crippen MR) is 81.3 cm³/mol. The van der Waals surface area contributed by atoms with Crippen molar-refractivity contribution in [2.45, 2.75) is 44.4 Å². The summed E-state index contributed by atoms with van der Waals surface area (Å²) in [5.41, 5.74) is 5.93. The summed E-state index contributed by atoms with van der Waals surface area (Å²) in [4.78, 5) is 1.61. The lowest BCUT2D eigenvalue weighted by Gasteiger charge is -2.56. The molecule has 1 unspecified atom stereocenters. The molecule has 0 radical (unpaired) electrons. The highest BCUT2D eigenvalue weighted by Gasteiger charge is 2.50. The summed E-state index contributed by atoms with van der Waals surface area (Å²) < 4.78 is 0. The Labute approximate surface area is 120 Å². The van der Waals surface area contributed by atoms with Gasteiger partial charge < -0.3 is 5.73 Å². The van der Waals surface area contributed by atoms with E-state index in [1.54, 1.807) is 11.3 Å². The van der Waals surface area contributed by atoms with Crippen molar-refractivity contribution in [2.75, 3.05) is 6.54 Å². The van der Waals surface area contributed by atoms with Crippen molar-refractivity contribution < 1.29 is 0 Å². The molecule has 104 valence electrons. The van der Waals surface area contributed by atoms with Crippen LogP contribution in [0.4, 0.5) is 0 Å². The van der Waals surface area contributed by atoms with E-state index in [1.165, 1.54) is 32.1 Å². The zero-order valence-electron chi connectivity index (χ0n) is 11.6. The standard InChI is InChI=1S/C17H25NS/c18-4-3-15(16-2-1-5-19-16)17-13-7-11-6-12(9-13)10-14(17)8-11/h1-2,5,11-15,17H,3-4,6-10,18H2. The van der Waals surface area contributed by atoms with Crippen LogP contribution < -0.4 is 5.73 Å². The van der Waals surface area contributed by atoms with E-state index < -0.39 is 0 Å². The Hall–Kier alpha value is -0.340. The highest BCUT2D eigenvalue weighted by molar-refractivity contribution is 7.10. The van der Waals surface area contributed by atoms with Crippen LogP contribution in [0, 0.1) is 29.6 Å². The second-order valence-corrected chi connectivity index (χ2v) is 8.19. The molecule has 19 heavy (non-hydrogen) atoms. The molecule has 0 aromatic carbocycles. The minimum absolute atomic E-state index is 0.764. The van der Waals surface area contributed by atoms with Crippen LogP contribution in [0.2, 0.25) is 0 Å². The van der Waals surface area contributed by atoms with Gasteiger partial charge in [-0.05, 0) is 92.0 Å². The molecule has 0 saturated heterocycles. The SMILES string of the molecule is NCCC(c1cccs1)C1C2CC3CC(C2)CC1C3. The molecule has 2 heteroatoms. The van der Waals surface area contributed by atoms with Crippen molar-refractivity contribution in [1.29, 1.82) is 0 Å². The molecule has 5 rings (SSSR count). The first-order valence-electron chi connectivity index (χ1n) is 8.08. The van der Waals surface area contributed by atoms with Gasteiger partial charge in [0.25, 0.3) is 0 Å². The Balaban J connectivity index is 1.62. The fourth-order valence-electron chi connectivity index (χ4n) is 5.83. The van der Waals surface area contributed by atoms with Crippen LogP contribution >= 0.6 is 11.3 Å². The van der Waals surface area contributed by atoms with Gasteiger partial charge in [-0.15, -0.1) is 11.3 Å². The first kappa shape index (κ1) is 12.4. The summed E-state index contributed by atoms with van der Waals surface area (Å²) in [5.74, 6) is 5.93. The van der Waals surface area contributed by atoms with Crippen molar-refractivity contribution in [3.05, 3.63) is 22.4 Å². The smallest absolute Gasteiger partial charge is 0.00796 e. The highest BCUT2D eigenvalue weighted by Crippen LogP contribution is 2.60. The van der Waals surface area contributed by atoms with Gasteiger partial charge in [0.2, 0.25) is 0 Å². The third-order valence-electron chi connectivity index (χ3n) is 6.15. The zero-order chi connectivity index (χ0) is 12.8. The van der Waals surface area contributed by atoms with Gasteiger partial charge in [-0.1, -0.05) is 6.07 Å². The first-order valence-corrected chi connectivity index (χ1v) is 8.96. The van der Waals surface area contributed by atoms with Crippen LogP contribution in [-0.4, -0.2) is 6.54 Å². The molecule has 4 bridgehead atoms. The van der Waals surface area contributed by atoms with E-state index in [9.17, 15) is 0 Å². The third-order valence-corrected chi connectivity index (χ3v) is 7.15. The molecule has 4 aliphatic carbocycles. The van der Waals surface area contributed by atoms with E-state index in [2.05, 4.69) is 17.5 Å². The molecule has 0 spiro atoms. The van der Waals surface area contributed by atoms with Gasteiger partial charge in [0.1, 0.15) is 0 Å². The summed E-state index contributed by atoms with van der Waals surface area (Å²) in [6, 6.07) is 4.58. The zero-order valence-corrected chi connectivity index (χ0v) is 12.4. The normalized spacial score (nSPS) is 41.6. The molecule has 0 amide bonds. The molecule has 2 N–H and O–H groups in total. The van der Waals surface area contributed by atoms with Crippen molar-refractivity contribution in [2.24, 2.45) is 35.3 Å². The van der Waals surface area contributed by atoms with E-state index >= 15 is 0 Å². The number of nitrogens with two attached hydrogens (primary N) is 1. The lowest BCUT2D eigenvalue weighted by atomic mass is 9.49. The van der Waals surface area contributed by atoms with Gasteiger partial charge in [0.05, 0.1) is 0 Å². The van der Waals surface area contributed by atoms with Gasteiger partial charge in [-0.3, -0.25) is 0 Å². The predicted octanol–water partition coefficient (Wildman–Crippen LogP) is 4.25. The first-order chi connectivity index (χ1) is 9.35. The maximum atomic E-state index is 5.93. The molecule has 1 heterocycles. The Bertz CT molecular complexity index is 396. The lowest BCUT2D eigenvalue weighted by Crippen LogP contribution is -2.47. The molecule has 1 aromatic heterocycles. The maximum absolute atomic E-state index is 5.93. The van der Waals surface area contributed by atoms with Crippen LogP contribution in [0.5, 0.6) is 0 Å². The average Bonchev–Trinajstić information content (AvgIpc) is 2.89. The molecule has 4 aliphatic rings. The number of hydrogen-bond donors (Lipinski definition) is 1. The van der Waals surface area contributed by atoms with Crippen LogP contribution in [0.15, 0.2) is 17.5 Å². The van der Waals surface area contributed by atoms with Gasteiger partial charge in [0.15, 0.2) is 0 Å². The van der Waals surface area contributed by atoms with Gasteiger partial charge in [-0.25, -0.2) is 0 Å². The number of hydrogen-bond acceptors (Lipinski definition) is 2. The Morgan fingerprint density at radius 2 is 1.79 bits per heavy atom. The van der Waals surface area contributed by atoms with Gasteiger partial charge >= 0.3 is 0 Å². The van der Waals surface area contributed by atoms with Gasteiger partial charge in [-0.2, -0.15) is 0 Å². The topological polar surface area (TPSA) is 26.0 Å². The second-order valence-electron chi connectivity index (χ2n) is 7.21. The van der Waals surface area contributed by atoms with Crippen LogP contribution in [-0.2, 0) is 0 Å². The monoisotopic (exact) mass is 275 g/mol. The van der Waals surface area contributed by atoms with Crippen LogP contribution in [0.25, 0.3) is 0 Å². The largest absolute Gasteiger partial charge is 0.330 e. The number of thiophene rings is 1. The van der Waals surface area contributed by atoms with E-state index in [0.29, 0.717) is 0 Å². The van der Waals surface area contributed by atoms with Crippen molar-refractivity contribution in [3.8, 4) is 0 Å².